The van der Waals surface area contributed by atoms with E-state index < -0.39 is 5.97 Å². The van der Waals surface area contributed by atoms with Gasteiger partial charge in [-0.15, -0.1) is 5.10 Å². The number of nitrogens with zero attached hydrogens (tertiary/aromatic N) is 3. The van der Waals surface area contributed by atoms with E-state index in [2.05, 4.69) is 10.3 Å². The molecule has 6 heteroatoms. The lowest BCUT2D eigenvalue weighted by Crippen LogP contribution is -2.08. The van der Waals surface area contributed by atoms with Crippen LogP contribution in [0.4, 0.5) is 0 Å². The molecule has 2 heterocycles. The maximum atomic E-state index is 11.3. The van der Waals surface area contributed by atoms with E-state index >= 15 is 0 Å². The van der Waals surface area contributed by atoms with Crippen LogP contribution in [0.15, 0.2) is 6.20 Å². The second-order valence-corrected chi connectivity index (χ2v) is 4.47. The molecular formula is C9H13N3O2S. The Hall–Kier alpha value is -1.04. The van der Waals surface area contributed by atoms with Crippen molar-refractivity contribution in [1.29, 1.82) is 0 Å². The average molecular weight is 227 g/mol. The predicted octanol–water partition coefficient (Wildman–Crippen LogP) is 1.13. The van der Waals surface area contributed by atoms with E-state index in [1.54, 1.807) is 17.8 Å². The van der Waals surface area contributed by atoms with Crippen LogP contribution in [-0.2, 0) is 4.74 Å². The van der Waals surface area contributed by atoms with Gasteiger partial charge in [-0.25, -0.2) is 9.48 Å². The molecule has 1 fully saturated rings. The smallest absolute Gasteiger partial charge is 0.360 e. The molecule has 1 atom stereocenters. The Bertz CT molecular complexity index is 347. The summed E-state index contributed by atoms with van der Waals surface area (Å²) >= 11 is 1.90. The SMILES string of the molecule is CCOC(=O)c1cn([C@@H]2CCSC2)nn1. The molecule has 1 aromatic heterocycles. The van der Waals surface area contributed by atoms with E-state index in [1.807, 2.05) is 11.8 Å². The van der Waals surface area contributed by atoms with Gasteiger partial charge in [0, 0.05) is 5.75 Å². The summed E-state index contributed by atoms with van der Waals surface area (Å²) < 4.78 is 6.61. The van der Waals surface area contributed by atoms with E-state index in [1.165, 1.54) is 0 Å². The van der Waals surface area contributed by atoms with Gasteiger partial charge in [-0.1, -0.05) is 5.21 Å². The second-order valence-electron chi connectivity index (χ2n) is 3.32. The van der Waals surface area contributed by atoms with E-state index in [9.17, 15) is 4.79 Å². The number of ether oxygens (including phenoxy) is 1. The van der Waals surface area contributed by atoms with Gasteiger partial charge >= 0.3 is 5.97 Å². The van der Waals surface area contributed by atoms with Crippen molar-refractivity contribution in [3.8, 4) is 0 Å². The zero-order valence-corrected chi connectivity index (χ0v) is 9.37. The van der Waals surface area contributed by atoms with Crippen molar-refractivity contribution in [2.45, 2.75) is 19.4 Å². The maximum Gasteiger partial charge on any atom is 0.360 e. The first-order valence-corrected chi connectivity index (χ1v) is 6.13. The van der Waals surface area contributed by atoms with Crippen molar-refractivity contribution in [2.75, 3.05) is 18.1 Å². The first kappa shape index (κ1) is 10.5. The Kier molecular flexibility index (Phi) is 3.25. The minimum absolute atomic E-state index is 0.300. The molecule has 0 spiro atoms. The van der Waals surface area contributed by atoms with Crippen LogP contribution in [0.1, 0.15) is 29.9 Å². The molecule has 1 aromatic rings. The lowest BCUT2D eigenvalue weighted by molar-refractivity contribution is 0.0519. The molecule has 1 aliphatic rings. The third kappa shape index (κ3) is 2.31. The van der Waals surface area contributed by atoms with Crippen molar-refractivity contribution in [1.82, 2.24) is 15.0 Å². The Balaban J connectivity index is 2.06. The van der Waals surface area contributed by atoms with Gasteiger partial charge in [0.1, 0.15) is 0 Å². The summed E-state index contributed by atoms with van der Waals surface area (Å²) in [4.78, 5) is 11.3. The highest BCUT2D eigenvalue weighted by Gasteiger charge is 2.20. The Morgan fingerprint density at radius 3 is 3.33 bits per heavy atom. The zero-order chi connectivity index (χ0) is 10.7. The zero-order valence-electron chi connectivity index (χ0n) is 8.55. The third-order valence-corrected chi connectivity index (χ3v) is 3.42. The number of carbonyl (C=O) groups is 1. The molecule has 0 bridgehead atoms. The minimum Gasteiger partial charge on any atom is -0.461 e. The molecule has 82 valence electrons. The fourth-order valence-electron chi connectivity index (χ4n) is 1.48. The van der Waals surface area contributed by atoms with Gasteiger partial charge in [-0.05, 0) is 19.1 Å². The highest BCUT2D eigenvalue weighted by Crippen LogP contribution is 2.26. The number of hydrogen-bond donors (Lipinski definition) is 0. The summed E-state index contributed by atoms with van der Waals surface area (Å²) in [7, 11) is 0. The first-order chi connectivity index (χ1) is 7.31. The topological polar surface area (TPSA) is 57.0 Å². The molecular weight excluding hydrogens is 214 g/mol. The largest absolute Gasteiger partial charge is 0.461 e. The van der Waals surface area contributed by atoms with Crippen LogP contribution in [0.2, 0.25) is 0 Å². The molecule has 5 nitrogen and oxygen atoms in total. The Morgan fingerprint density at radius 2 is 2.67 bits per heavy atom. The van der Waals surface area contributed by atoms with Crippen LogP contribution in [0, 0.1) is 0 Å². The molecule has 2 rings (SSSR count). The average Bonchev–Trinajstić information content (AvgIpc) is 2.89. The number of rotatable bonds is 3. The molecule has 0 aromatic carbocycles. The van der Waals surface area contributed by atoms with Gasteiger partial charge in [0.05, 0.1) is 18.8 Å². The highest BCUT2D eigenvalue weighted by atomic mass is 32.2. The lowest BCUT2D eigenvalue weighted by atomic mass is 10.3. The molecule has 0 saturated carbocycles. The number of aromatic nitrogens is 3. The quantitative estimate of drug-likeness (QED) is 0.724. The lowest BCUT2D eigenvalue weighted by Gasteiger charge is -2.05. The molecule has 0 aliphatic carbocycles. The van der Waals surface area contributed by atoms with Gasteiger partial charge in [0.2, 0.25) is 0 Å². The summed E-state index contributed by atoms with van der Waals surface area (Å²) in [5.74, 6) is 1.81. The van der Waals surface area contributed by atoms with Crippen LogP contribution in [0.5, 0.6) is 0 Å². The summed E-state index contributed by atoms with van der Waals surface area (Å²) in [6.07, 6.45) is 2.77. The Labute approximate surface area is 92.2 Å². The van der Waals surface area contributed by atoms with Crippen molar-refractivity contribution in [3.63, 3.8) is 0 Å². The van der Waals surface area contributed by atoms with Crippen molar-refractivity contribution in [2.24, 2.45) is 0 Å². The Morgan fingerprint density at radius 1 is 1.80 bits per heavy atom. The van der Waals surface area contributed by atoms with Crippen LogP contribution in [-0.4, -0.2) is 39.1 Å². The first-order valence-electron chi connectivity index (χ1n) is 4.98. The summed E-state index contributed by atoms with van der Waals surface area (Å²) in [6, 6.07) is 0.380. The molecule has 0 unspecified atom stereocenters. The summed E-state index contributed by atoms with van der Waals surface area (Å²) in [6.45, 7) is 2.14. The highest BCUT2D eigenvalue weighted by molar-refractivity contribution is 7.99. The van der Waals surface area contributed by atoms with E-state index in [0.717, 1.165) is 17.9 Å². The fraction of sp³-hybridized carbons (Fsp3) is 0.667. The predicted molar refractivity (Wildman–Crippen MR) is 57.0 cm³/mol. The number of esters is 1. The van der Waals surface area contributed by atoms with Crippen molar-refractivity contribution < 1.29 is 9.53 Å². The van der Waals surface area contributed by atoms with Gasteiger partial charge in [0.25, 0.3) is 0 Å². The second kappa shape index (κ2) is 4.65. The van der Waals surface area contributed by atoms with Gasteiger partial charge in [-0.3, -0.25) is 0 Å². The number of hydrogen-bond acceptors (Lipinski definition) is 5. The summed E-state index contributed by atoms with van der Waals surface area (Å²) in [5, 5.41) is 7.76. The number of carbonyl (C=O) groups excluding carboxylic acids is 1. The van der Waals surface area contributed by atoms with Crippen LogP contribution in [0.25, 0.3) is 0 Å². The molecule has 1 saturated heterocycles. The van der Waals surface area contributed by atoms with Crippen LogP contribution < -0.4 is 0 Å². The molecule has 15 heavy (non-hydrogen) atoms. The standard InChI is InChI=1S/C9H13N3O2S/c1-2-14-9(13)8-5-12(11-10-8)7-3-4-15-6-7/h5,7H,2-4,6H2,1H3/t7-/m1/s1. The van der Waals surface area contributed by atoms with Gasteiger partial charge in [0.15, 0.2) is 5.69 Å². The van der Waals surface area contributed by atoms with E-state index in [0.29, 0.717) is 18.3 Å². The van der Waals surface area contributed by atoms with Gasteiger partial charge in [-0.2, -0.15) is 11.8 Å². The number of thioether (sulfide) groups is 1. The minimum atomic E-state index is -0.394. The van der Waals surface area contributed by atoms with Crippen molar-refractivity contribution in [3.05, 3.63) is 11.9 Å². The van der Waals surface area contributed by atoms with Gasteiger partial charge < -0.3 is 4.74 Å². The molecule has 0 radical (unpaired) electrons. The van der Waals surface area contributed by atoms with E-state index in [-0.39, 0.29) is 0 Å². The maximum absolute atomic E-state index is 11.3. The molecule has 0 amide bonds. The molecule has 1 aliphatic heterocycles. The van der Waals surface area contributed by atoms with Crippen LogP contribution in [0.3, 0.4) is 0 Å². The van der Waals surface area contributed by atoms with Crippen molar-refractivity contribution >= 4 is 17.7 Å². The van der Waals surface area contributed by atoms with E-state index in [4.69, 9.17) is 4.74 Å². The molecule has 0 N–H and O–H groups in total. The third-order valence-electron chi connectivity index (χ3n) is 2.27. The monoisotopic (exact) mass is 227 g/mol. The van der Waals surface area contributed by atoms with Crippen LogP contribution >= 0.6 is 11.8 Å². The normalized spacial score (nSPS) is 20.5. The summed E-state index contributed by atoms with van der Waals surface area (Å²) in [5.41, 5.74) is 0.300. The fourth-order valence-corrected chi connectivity index (χ4v) is 2.68.